The minimum Gasteiger partial charge on any atom is -0.505 e. The number of pyridine rings is 1. The van der Waals surface area contributed by atoms with E-state index in [4.69, 9.17) is 11.6 Å². The lowest BCUT2D eigenvalue weighted by atomic mass is 10.2. The zero-order chi connectivity index (χ0) is 13.0. The molecule has 2 rings (SSSR count). The number of halogens is 1. The molecule has 0 fully saturated rings. The first-order valence-corrected chi connectivity index (χ1v) is 5.71. The van der Waals surface area contributed by atoms with Gasteiger partial charge in [0.05, 0.1) is 0 Å². The van der Waals surface area contributed by atoms with E-state index >= 15 is 0 Å². The van der Waals surface area contributed by atoms with Crippen molar-refractivity contribution in [2.24, 2.45) is 0 Å². The van der Waals surface area contributed by atoms with E-state index in [0.29, 0.717) is 11.6 Å². The van der Waals surface area contributed by atoms with Crippen molar-refractivity contribution in [3.63, 3.8) is 0 Å². The number of aromatic hydroxyl groups is 1. The number of amides is 1. The topological polar surface area (TPSA) is 62.2 Å². The standard InChI is InChI=1S/C13H11ClN2O2/c14-10-4-1-3-9(7-10)8-16-13(18)12-11(17)5-2-6-15-12/h1-7,17H,8H2,(H,16,18). The Morgan fingerprint density at radius 2 is 2.17 bits per heavy atom. The van der Waals surface area contributed by atoms with Gasteiger partial charge in [0.25, 0.3) is 5.91 Å². The number of nitrogens with zero attached hydrogens (tertiary/aromatic N) is 1. The number of nitrogens with one attached hydrogen (secondary N) is 1. The fraction of sp³-hybridized carbons (Fsp3) is 0.0769. The molecule has 1 aromatic carbocycles. The highest BCUT2D eigenvalue weighted by molar-refractivity contribution is 6.30. The van der Waals surface area contributed by atoms with Crippen molar-refractivity contribution < 1.29 is 9.90 Å². The summed E-state index contributed by atoms with van der Waals surface area (Å²) in [4.78, 5) is 15.6. The quantitative estimate of drug-likeness (QED) is 0.893. The second-order valence-corrected chi connectivity index (χ2v) is 4.12. The Morgan fingerprint density at radius 1 is 1.33 bits per heavy atom. The van der Waals surface area contributed by atoms with Gasteiger partial charge in [0.15, 0.2) is 5.69 Å². The molecule has 1 heterocycles. The second kappa shape index (κ2) is 5.51. The summed E-state index contributed by atoms with van der Waals surface area (Å²) in [5.41, 5.74) is 0.894. The summed E-state index contributed by atoms with van der Waals surface area (Å²) in [6.45, 7) is 0.329. The minimum atomic E-state index is -0.423. The fourth-order valence-corrected chi connectivity index (χ4v) is 1.70. The van der Waals surface area contributed by atoms with Crippen LogP contribution >= 0.6 is 11.6 Å². The second-order valence-electron chi connectivity index (χ2n) is 3.68. The summed E-state index contributed by atoms with van der Waals surface area (Å²) in [7, 11) is 0. The molecule has 0 aliphatic carbocycles. The maximum atomic E-state index is 11.8. The van der Waals surface area contributed by atoms with Crippen LogP contribution in [-0.4, -0.2) is 16.0 Å². The molecule has 2 N–H and O–H groups in total. The molecule has 5 heteroatoms. The average Bonchev–Trinajstić information content (AvgIpc) is 2.37. The molecule has 0 atom stereocenters. The molecule has 0 unspecified atom stereocenters. The first-order chi connectivity index (χ1) is 8.66. The van der Waals surface area contributed by atoms with Crippen LogP contribution in [0.5, 0.6) is 5.75 Å². The van der Waals surface area contributed by atoms with Crippen molar-refractivity contribution in [3.05, 3.63) is 58.9 Å². The van der Waals surface area contributed by atoms with Gasteiger partial charge in [0.2, 0.25) is 0 Å². The van der Waals surface area contributed by atoms with Crippen molar-refractivity contribution in [2.75, 3.05) is 0 Å². The fourth-order valence-electron chi connectivity index (χ4n) is 1.48. The van der Waals surface area contributed by atoms with Crippen molar-refractivity contribution in [3.8, 4) is 5.75 Å². The molecule has 0 spiro atoms. The number of hydrogen-bond acceptors (Lipinski definition) is 3. The summed E-state index contributed by atoms with van der Waals surface area (Å²) >= 11 is 5.84. The van der Waals surface area contributed by atoms with Crippen molar-refractivity contribution >= 4 is 17.5 Å². The molecule has 0 aliphatic heterocycles. The Kier molecular flexibility index (Phi) is 3.79. The third kappa shape index (κ3) is 2.99. The Morgan fingerprint density at radius 3 is 2.89 bits per heavy atom. The Hall–Kier alpha value is -2.07. The van der Waals surface area contributed by atoms with Gasteiger partial charge in [0, 0.05) is 17.8 Å². The molecule has 1 amide bonds. The largest absolute Gasteiger partial charge is 0.505 e. The highest BCUT2D eigenvalue weighted by Gasteiger charge is 2.11. The van der Waals surface area contributed by atoms with Gasteiger partial charge in [-0.1, -0.05) is 23.7 Å². The highest BCUT2D eigenvalue weighted by atomic mass is 35.5. The summed E-state index contributed by atoms with van der Waals surface area (Å²) in [6, 6.07) is 10.2. The van der Waals surface area contributed by atoms with Crippen molar-refractivity contribution in [1.29, 1.82) is 0 Å². The molecule has 0 saturated heterocycles. The van der Waals surface area contributed by atoms with Crippen LogP contribution in [0.1, 0.15) is 16.1 Å². The Balaban J connectivity index is 2.03. The van der Waals surface area contributed by atoms with Gasteiger partial charge in [-0.05, 0) is 29.8 Å². The average molecular weight is 263 g/mol. The van der Waals surface area contributed by atoms with Gasteiger partial charge in [-0.15, -0.1) is 0 Å². The van der Waals surface area contributed by atoms with E-state index in [1.54, 1.807) is 18.2 Å². The predicted octanol–water partition coefficient (Wildman–Crippen LogP) is 2.37. The van der Waals surface area contributed by atoms with Gasteiger partial charge in [0.1, 0.15) is 5.75 Å². The summed E-state index contributed by atoms with van der Waals surface area (Å²) in [6.07, 6.45) is 1.45. The van der Waals surface area contributed by atoms with Crippen LogP contribution in [0.2, 0.25) is 5.02 Å². The van der Waals surface area contributed by atoms with Crippen molar-refractivity contribution in [1.82, 2.24) is 10.3 Å². The number of carbonyl (C=O) groups excluding carboxylic acids is 1. The number of rotatable bonds is 3. The van der Waals surface area contributed by atoms with Crippen molar-refractivity contribution in [2.45, 2.75) is 6.54 Å². The van der Waals surface area contributed by atoms with Gasteiger partial charge in [-0.25, -0.2) is 4.98 Å². The number of aromatic nitrogens is 1. The number of hydrogen-bond donors (Lipinski definition) is 2. The van der Waals surface area contributed by atoms with Crippen LogP contribution in [0.25, 0.3) is 0 Å². The third-order valence-corrected chi connectivity index (χ3v) is 2.58. The number of carbonyl (C=O) groups is 1. The zero-order valence-corrected chi connectivity index (χ0v) is 10.2. The Labute approximate surface area is 109 Å². The summed E-state index contributed by atoms with van der Waals surface area (Å²) < 4.78 is 0. The summed E-state index contributed by atoms with van der Waals surface area (Å²) in [5.74, 6) is -0.561. The predicted molar refractivity (Wildman–Crippen MR) is 68.5 cm³/mol. The van der Waals surface area contributed by atoms with Gasteiger partial charge in [-0.2, -0.15) is 0 Å². The lowest BCUT2D eigenvalue weighted by Gasteiger charge is -2.06. The van der Waals surface area contributed by atoms with Crippen LogP contribution in [0.3, 0.4) is 0 Å². The SMILES string of the molecule is O=C(NCc1cccc(Cl)c1)c1ncccc1O. The molecule has 18 heavy (non-hydrogen) atoms. The molecular weight excluding hydrogens is 252 g/mol. The Bertz CT molecular complexity index is 572. The molecule has 0 bridgehead atoms. The van der Waals surface area contributed by atoms with Crippen LogP contribution in [-0.2, 0) is 6.54 Å². The van der Waals surface area contributed by atoms with E-state index in [-0.39, 0.29) is 11.4 Å². The van der Waals surface area contributed by atoms with Gasteiger partial charge >= 0.3 is 0 Å². The normalized spacial score (nSPS) is 10.1. The van der Waals surface area contributed by atoms with Gasteiger partial charge < -0.3 is 10.4 Å². The molecule has 0 radical (unpaired) electrons. The molecule has 4 nitrogen and oxygen atoms in total. The lowest BCUT2D eigenvalue weighted by molar-refractivity contribution is 0.0943. The van der Waals surface area contributed by atoms with E-state index < -0.39 is 5.91 Å². The molecule has 92 valence electrons. The van der Waals surface area contributed by atoms with E-state index in [2.05, 4.69) is 10.3 Å². The van der Waals surface area contributed by atoms with E-state index in [1.165, 1.54) is 12.3 Å². The third-order valence-electron chi connectivity index (χ3n) is 2.34. The molecule has 0 aliphatic rings. The molecule has 0 saturated carbocycles. The smallest absolute Gasteiger partial charge is 0.273 e. The van der Waals surface area contributed by atoms with E-state index in [0.717, 1.165) is 5.56 Å². The molecular formula is C13H11ClN2O2. The monoisotopic (exact) mass is 262 g/mol. The van der Waals surface area contributed by atoms with E-state index in [9.17, 15) is 9.90 Å². The lowest BCUT2D eigenvalue weighted by Crippen LogP contribution is -2.23. The highest BCUT2D eigenvalue weighted by Crippen LogP contribution is 2.13. The minimum absolute atomic E-state index is 0.0135. The number of benzene rings is 1. The first kappa shape index (κ1) is 12.4. The van der Waals surface area contributed by atoms with Crippen LogP contribution in [0.15, 0.2) is 42.6 Å². The van der Waals surface area contributed by atoms with Crippen LogP contribution in [0.4, 0.5) is 0 Å². The first-order valence-electron chi connectivity index (χ1n) is 5.33. The summed E-state index contributed by atoms with van der Waals surface area (Å²) in [5, 5.41) is 12.8. The molecule has 1 aromatic heterocycles. The van der Waals surface area contributed by atoms with E-state index in [1.807, 2.05) is 12.1 Å². The van der Waals surface area contributed by atoms with Crippen LogP contribution in [0, 0.1) is 0 Å². The zero-order valence-electron chi connectivity index (χ0n) is 9.43. The maximum absolute atomic E-state index is 11.8. The van der Waals surface area contributed by atoms with Gasteiger partial charge in [-0.3, -0.25) is 4.79 Å². The maximum Gasteiger partial charge on any atom is 0.273 e. The van der Waals surface area contributed by atoms with Crippen LogP contribution < -0.4 is 5.32 Å². The molecule has 2 aromatic rings.